The molecule has 0 aliphatic carbocycles. The van der Waals surface area contributed by atoms with Gasteiger partial charge in [-0.1, -0.05) is 0 Å². The normalized spacial score (nSPS) is 10.2. The van der Waals surface area contributed by atoms with Crippen LogP contribution in [0.15, 0.2) is 36.4 Å². The van der Waals surface area contributed by atoms with Crippen molar-refractivity contribution in [3.05, 3.63) is 47.8 Å². The van der Waals surface area contributed by atoms with E-state index in [-0.39, 0.29) is 5.82 Å². The lowest BCUT2D eigenvalue weighted by molar-refractivity contribution is 0.627. The molecule has 0 amide bonds. The summed E-state index contributed by atoms with van der Waals surface area (Å²) in [4.78, 5) is 0. The van der Waals surface area contributed by atoms with Crippen molar-refractivity contribution < 1.29 is 4.39 Å². The molecule has 0 unspecified atom stereocenters. The number of anilines is 4. The molecule has 0 bridgehead atoms. The van der Waals surface area contributed by atoms with Gasteiger partial charge in [0.2, 0.25) is 0 Å². The van der Waals surface area contributed by atoms with Crippen LogP contribution in [-0.2, 0) is 0 Å². The number of nitrogens with two attached hydrogens (primary N) is 2. The lowest BCUT2D eigenvalue weighted by Gasteiger charge is -2.11. The van der Waals surface area contributed by atoms with E-state index in [1.165, 1.54) is 12.1 Å². The number of aryl methyl sites for hydroxylation is 1. The van der Waals surface area contributed by atoms with Gasteiger partial charge >= 0.3 is 0 Å². The fourth-order valence-electron chi connectivity index (χ4n) is 1.58. The maximum Gasteiger partial charge on any atom is 0.123 e. The summed E-state index contributed by atoms with van der Waals surface area (Å²) in [5, 5.41) is 3.17. The van der Waals surface area contributed by atoms with Gasteiger partial charge in [-0.05, 0) is 48.9 Å². The van der Waals surface area contributed by atoms with Crippen LogP contribution in [0.25, 0.3) is 0 Å². The van der Waals surface area contributed by atoms with Crippen LogP contribution in [0.5, 0.6) is 0 Å². The van der Waals surface area contributed by atoms with E-state index in [0.29, 0.717) is 11.4 Å². The zero-order chi connectivity index (χ0) is 12.4. The summed E-state index contributed by atoms with van der Waals surface area (Å²) in [6.07, 6.45) is 0. The minimum Gasteiger partial charge on any atom is -0.397 e. The molecule has 0 saturated heterocycles. The first-order valence-corrected chi connectivity index (χ1v) is 5.24. The fraction of sp³-hybridized carbons (Fsp3) is 0.0769. The standard InChI is InChI=1S/C13H14FN3/c1-8-6-9(14)2-5-13(8)17-10-3-4-11(15)12(16)7-10/h2-7,17H,15-16H2,1H3. The molecule has 4 heteroatoms. The Balaban J connectivity index is 2.28. The molecule has 0 heterocycles. The molecule has 0 saturated carbocycles. The Morgan fingerprint density at radius 1 is 1.00 bits per heavy atom. The van der Waals surface area contributed by atoms with Gasteiger partial charge in [0.05, 0.1) is 11.4 Å². The van der Waals surface area contributed by atoms with Crippen LogP contribution in [0.4, 0.5) is 27.1 Å². The molecule has 0 aliphatic rings. The largest absolute Gasteiger partial charge is 0.397 e. The molecule has 2 rings (SSSR count). The number of nitrogen functional groups attached to an aromatic ring is 2. The summed E-state index contributed by atoms with van der Waals surface area (Å²) in [6, 6.07) is 9.89. The van der Waals surface area contributed by atoms with E-state index in [1.807, 2.05) is 13.0 Å². The second-order valence-electron chi connectivity index (χ2n) is 3.93. The van der Waals surface area contributed by atoms with Gasteiger partial charge in [-0.3, -0.25) is 0 Å². The van der Waals surface area contributed by atoms with Gasteiger partial charge in [0.15, 0.2) is 0 Å². The highest BCUT2D eigenvalue weighted by atomic mass is 19.1. The summed E-state index contributed by atoms with van der Waals surface area (Å²) in [7, 11) is 0. The Hall–Kier alpha value is -2.23. The molecule has 0 radical (unpaired) electrons. The van der Waals surface area contributed by atoms with Crippen molar-refractivity contribution in [2.75, 3.05) is 16.8 Å². The number of rotatable bonds is 2. The Bertz CT molecular complexity index is 552. The molecule has 5 N–H and O–H groups in total. The summed E-state index contributed by atoms with van der Waals surface area (Å²) >= 11 is 0. The molecule has 2 aromatic carbocycles. The van der Waals surface area contributed by atoms with Crippen LogP contribution in [0.1, 0.15) is 5.56 Å². The van der Waals surface area contributed by atoms with E-state index in [0.717, 1.165) is 16.9 Å². The van der Waals surface area contributed by atoms with Crippen molar-refractivity contribution in [3.8, 4) is 0 Å². The lowest BCUT2D eigenvalue weighted by atomic mass is 10.2. The van der Waals surface area contributed by atoms with Gasteiger partial charge in [0.25, 0.3) is 0 Å². The van der Waals surface area contributed by atoms with Crippen molar-refractivity contribution in [2.24, 2.45) is 0 Å². The van der Waals surface area contributed by atoms with Gasteiger partial charge in [0, 0.05) is 11.4 Å². The predicted molar refractivity (Wildman–Crippen MR) is 69.7 cm³/mol. The highest BCUT2D eigenvalue weighted by Gasteiger charge is 2.02. The lowest BCUT2D eigenvalue weighted by Crippen LogP contribution is -1.98. The Morgan fingerprint density at radius 2 is 1.76 bits per heavy atom. The number of nitrogens with one attached hydrogen (secondary N) is 1. The molecule has 88 valence electrons. The third-order valence-electron chi connectivity index (χ3n) is 2.55. The quantitative estimate of drug-likeness (QED) is 0.696. The van der Waals surface area contributed by atoms with Gasteiger partial charge < -0.3 is 16.8 Å². The van der Waals surface area contributed by atoms with E-state index in [4.69, 9.17) is 11.5 Å². The van der Waals surface area contributed by atoms with Crippen molar-refractivity contribution >= 4 is 22.7 Å². The molecule has 2 aromatic rings. The van der Waals surface area contributed by atoms with Crippen LogP contribution in [-0.4, -0.2) is 0 Å². The number of hydrogen-bond acceptors (Lipinski definition) is 3. The van der Waals surface area contributed by atoms with Gasteiger partial charge in [-0.2, -0.15) is 0 Å². The minimum atomic E-state index is -0.245. The van der Waals surface area contributed by atoms with Gasteiger partial charge in [-0.15, -0.1) is 0 Å². The molecule has 0 aliphatic heterocycles. The zero-order valence-electron chi connectivity index (χ0n) is 9.50. The van der Waals surface area contributed by atoms with Gasteiger partial charge in [-0.25, -0.2) is 4.39 Å². The molecular weight excluding hydrogens is 217 g/mol. The van der Waals surface area contributed by atoms with E-state index >= 15 is 0 Å². The summed E-state index contributed by atoms with van der Waals surface area (Å²) in [5.74, 6) is -0.245. The van der Waals surface area contributed by atoms with E-state index < -0.39 is 0 Å². The first kappa shape index (κ1) is 11.3. The van der Waals surface area contributed by atoms with Crippen molar-refractivity contribution in [3.63, 3.8) is 0 Å². The minimum absolute atomic E-state index is 0.245. The molecule has 17 heavy (non-hydrogen) atoms. The topological polar surface area (TPSA) is 64.1 Å². The molecule has 0 aromatic heterocycles. The third kappa shape index (κ3) is 2.47. The Labute approximate surface area is 99.2 Å². The average molecular weight is 231 g/mol. The maximum absolute atomic E-state index is 12.9. The first-order chi connectivity index (χ1) is 8.06. The Kier molecular flexibility index (Phi) is 2.87. The molecule has 0 atom stereocenters. The van der Waals surface area contributed by atoms with E-state index in [1.54, 1.807) is 18.2 Å². The highest BCUT2D eigenvalue weighted by Crippen LogP contribution is 2.25. The third-order valence-corrected chi connectivity index (χ3v) is 2.55. The van der Waals surface area contributed by atoms with Crippen LogP contribution in [0.3, 0.4) is 0 Å². The fourth-order valence-corrected chi connectivity index (χ4v) is 1.58. The van der Waals surface area contributed by atoms with Crippen LogP contribution in [0, 0.1) is 12.7 Å². The number of hydrogen-bond donors (Lipinski definition) is 3. The summed E-state index contributed by atoms with van der Waals surface area (Å²) < 4.78 is 12.9. The average Bonchev–Trinajstić information content (AvgIpc) is 2.27. The van der Waals surface area contributed by atoms with Crippen LogP contribution >= 0.6 is 0 Å². The monoisotopic (exact) mass is 231 g/mol. The van der Waals surface area contributed by atoms with Crippen LogP contribution in [0.2, 0.25) is 0 Å². The molecule has 0 fully saturated rings. The zero-order valence-corrected chi connectivity index (χ0v) is 9.50. The van der Waals surface area contributed by atoms with Crippen LogP contribution < -0.4 is 16.8 Å². The molecule has 0 spiro atoms. The summed E-state index contributed by atoms with van der Waals surface area (Å²) in [5.41, 5.74) is 14.9. The van der Waals surface area contributed by atoms with Crippen molar-refractivity contribution in [1.82, 2.24) is 0 Å². The summed E-state index contributed by atoms with van der Waals surface area (Å²) in [6.45, 7) is 1.84. The SMILES string of the molecule is Cc1cc(F)ccc1Nc1ccc(N)c(N)c1. The Morgan fingerprint density at radius 3 is 2.41 bits per heavy atom. The molecule has 3 nitrogen and oxygen atoms in total. The number of halogens is 1. The molecular formula is C13H14FN3. The van der Waals surface area contributed by atoms with E-state index in [2.05, 4.69) is 5.32 Å². The van der Waals surface area contributed by atoms with Crippen molar-refractivity contribution in [2.45, 2.75) is 6.92 Å². The van der Waals surface area contributed by atoms with Gasteiger partial charge in [0.1, 0.15) is 5.82 Å². The first-order valence-electron chi connectivity index (χ1n) is 5.24. The second-order valence-corrected chi connectivity index (χ2v) is 3.93. The second kappa shape index (κ2) is 4.33. The number of benzene rings is 2. The predicted octanol–water partition coefficient (Wildman–Crippen LogP) is 3.04. The highest BCUT2D eigenvalue weighted by molar-refractivity contribution is 5.73. The van der Waals surface area contributed by atoms with E-state index in [9.17, 15) is 4.39 Å². The smallest absolute Gasteiger partial charge is 0.123 e. The maximum atomic E-state index is 12.9. The van der Waals surface area contributed by atoms with Crippen molar-refractivity contribution in [1.29, 1.82) is 0 Å².